The average Bonchev–Trinajstić information content (AvgIpc) is 2.05. The Labute approximate surface area is 86.2 Å². The van der Waals surface area contributed by atoms with Gasteiger partial charge in [-0.1, -0.05) is 47.1 Å². The third kappa shape index (κ3) is 3.23. The molecule has 0 saturated carbocycles. The van der Waals surface area contributed by atoms with Crippen LogP contribution in [0.2, 0.25) is 0 Å². The maximum Gasteiger partial charge on any atom is 0.157 e. The fraction of sp³-hybridized carbons (Fsp3) is 0.250. The number of alkyl halides is 2. The van der Waals surface area contributed by atoms with Gasteiger partial charge in [0.25, 0.3) is 0 Å². The van der Waals surface area contributed by atoms with Gasteiger partial charge in [0.05, 0.1) is 0 Å². The molecule has 0 amide bonds. The number of halogens is 2. The molecule has 0 aliphatic heterocycles. The lowest BCUT2D eigenvalue weighted by Gasteiger charge is -2.02. The second-order valence-corrected chi connectivity index (χ2v) is 5.02. The highest BCUT2D eigenvalue weighted by molar-refractivity contribution is 8.02. The van der Waals surface area contributed by atoms with E-state index in [2.05, 4.69) is 0 Å². The van der Waals surface area contributed by atoms with Gasteiger partial charge in [0, 0.05) is 11.4 Å². The molecule has 0 aliphatic rings. The predicted octanol–water partition coefficient (Wildman–Crippen LogP) is 3.00. The molecule has 1 aromatic rings. The second kappa shape index (κ2) is 4.97. The van der Waals surface area contributed by atoms with E-state index >= 15 is 0 Å². The van der Waals surface area contributed by atoms with Gasteiger partial charge in [-0.25, -0.2) is 0 Å². The van der Waals surface area contributed by atoms with Crippen LogP contribution in [0.25, 0.3) is 0 Å². The van der Waals surface area contributed by atoms with Crippen LogP contribution in [0.5, 0.6) is 0 Å². The Kier molecular flexibility index (Phi) is 4.22. The van der Waals surface area contributed by atoms with Crippen LogP contribution < -0.4 is 5.73 Å². The van der Waals surface area contributed by atoms with Gasteiger partial charge in [0.15, 0.2) is 4.17 Å². The van der Waals surface area contributed by atoms with E-state index in [1.165, 1.54) is 11.8 Å². The summed E-state index contributed by atoms with van der Waals surface area (Å²) in [6, 6.07) is 7.87. The van der Waals surface area contributed by atoms with Crippen molar-refractivity contribution in [3.8, 4) is 0 Å². The fourth-order valence-corrected chi connectivity index (χ4v) is 1.92. The lowest BCUT2D eigenvalue weighted by molar-refractivity contribution is 1.07. The summed E-state index contributed by atoms with van der Waals surface area (Å²) in [7, 11) is 0. The molecule has 0 aromatic heterocycles. The van der Waals surface area contributed by atoms with Gasteiger partial charge < -0.3 is 5.73 Å². The van der Waals surface area contributed by atoms with Gasteiger partial charge in [-0.05, 0) is 17.7 Å². The highest BCUT2D eigenvalue weighted by Gasteiger charge is 2.00. The lowest BCUT2D eigenvalue weighted by Crippen LogP contribution is -1.95. The molecule has 0 spiro atoms. The minimum absolute atomic E-state index is 0.409. The first-order valence-corrected chi connectivity index (χ1v) is 5.21. The first-order valence-electron chi connectivity index (χ1n) is 3.46. The molecule has 0 fully saturated rings. The maximum atomic E-state index is 5.59. The van der Waals surface area contributed by atoms with Crippen molar-refractivity contribution in [1.82, 2.24) is 0 Å². The number of thioether (sulfide) groups is 1. The van der Waals surface area contributed by atoms with Crippen molar-refractivity contribution in [3.63, 3.8) is 0 Å². The summed E-state index contributed by atoms with van der Waals surface area (Å²) in [5, 5.41) is 0. The van der Waals surface area contributed by atoms with Gasteiger partial charge in [-0.15, -0.1) is 0 Å². The quantitative estimate of drug-likeness (QED) is 0.628. The zero-order valence-corrected chi connectivity index (χ0v) is 8.66. The normalized spacial score (nSPS) is 10.7. The lowest BCUT2D eigenvalue weighted by atomic mass is 10.2. The Balaban J connectivity index is 2.65. The van der Waals surface area contributed by atoms with Crippen molar-refractivity contribution >= 4 is 35.0 Å². The van der Waals surface area contributed by atoms with E-state index in [1.54, 1.807) is 0 Å². The summed E-state index contributed by atoms with van der Waals surface area (Å²) in [4.78, 5) is 1.06. The van der Waals surface area contributed by atoms with Gasteiger partial charge in [0.2, 0.25) is 0 Å². The van der Waals surface area contributed by atoms with Crippen LogP contribution in [0.3, 0.4) is 0 Å². The molecule has 66 valence electrons. The Morgan fingerprint density at radius 3 is 2.25 bits per heavy atom. The summed E-state index contributed by atoms with van der Waals surface area (Å²) in [6.45, 7) is 0.566. The van der Waals surface area contributed by atoms with Crippen LogP contribution in [-0.4, -0.2) is 4.17 Å². The molecule has 0 saturated heterocycles. The number of hydrogen-bond acceptors (Lipinski definition) is 2. The van der Waals surface area contributed by atoms with E-state index in [-0.39, 0.29) is 0 Å². The Hall–Kier alpha value is 0.110. The van der Waals surface area contributed by atoms with Crippen molar-refractivity contribution in [1.29, 1.82) is 0 Å². The highest BCUT2D eigenvalue weighted by Crippen LogP contribution is 2.28. The van der Waals surface area contributed by atoms with E-state index < -0.39 is 4.17 Å². The van der Waals surface area contributed by atoms with E-state index in [9.17, 15) is 0 Å². The minimum atomic E-state index is -0.409. The van der Waals surface area contributed by atoms with E-state index in [0.717, 1.165) is 10.5 Å². The summed E-state index contributed by atoms with van der Waals surface area (Å²) in [6.07, 6.45) is 0. The molecule has 2 N–H and O–H groups in total. The molecule has 0 atom stereocenters. The Morgan fingerprint density at radius 2 is 1.83 bits per heavy atom. The summed E-state index contributed by atoms with van der Waals surface area (Å²) in [5.74, 6) is 0. The van der Waals surface area contributed by atoms with E-state index in [4.69, 9.17) is 28.9 Å². The average molecular weight is 222 g/mol. The van der Waals surface area contributed by atoms with Crippen molar-refractivity contribution in [2.45, 2.75) is 15.6 Å². The fourth-order valence-electron chi connectivity index (χ4n) is 0.807. The number of rotatable bonds is 3. The minimum Gasteiger partial charge on any atom is -0.326 e. The van der Waals surface area contributed by atoms with Gasteiger partial charge in [-0.3, -0.25) is 0 Å². The molecular weight excluding hydrogens is 213 g/mol. The molecule has 1 nitrogen and oxygen atoms in total. The third-order valence-electron chi connectivity index (χ3n) is 1.38. The Morgan fingerprint density at radius 1 is 1.25 bits per heavy atom. The number of hydrogen-bond donors (Lipinski definition) is 1. The zero-order chi connectivity index (χ0) is 8.97. The Bertz CT molecular complexity index is 235. The van der Waals surface area contributed by atoms with Crippen LogP contribution in [0.4, 0.5) is 0 Å². The van der Waals surface area contributed by atoms with Crippen molar-refractivity contribution in [2.75, 3.05) is 0 Å². The molecular formula is C8H9Cl2NS. The smallest absolute Gasteiger partial charge is 0.157 e. The number of nitrogens with two attached hydrogens (primary N) is 1. The largest absolute Gasteiger partial charge is 0.326 e. The van der Waals surface area contributed by atoms with Crippen LogP contribution in [-0.2, 0) is 6.54 Å². The molecule has 4 heteroatoms. The van der Waals surface area contributed by atoms with E-state index in [1.807, 2.05) is 24.3 Å². The second-order valence-electron chi connectivity index (χ2n) is 2.23. The topological polar surface area (TPSA) is 26.0 Å². The summed E-state index contributed by atoms with van der Waals surface area (Å²) >= 11 is 12.6. The summed E-state index contributed by atoms with van der Waals surface area (Å²) in [5.41, 5.74) is 6.55. The van der Waals surface area contributed by atoms with Crippen LogP contribution >= 0.6 is 35.0 Å². The van der Waals surface area contributed by atoms with Crippen molar-refractivity contribution in [2.24, 2.45) is 5.73 Å². The molecule has 0 radical (unpaired) electrons. The SMILES string of the molecule is NCc1ccc(SC(Cl)Cl)cc1. The first kappa shape index (κ1) is 10.2. The van der Waals surface area contributed by atoms with Crippen LogP contribution in [0.15, 0.2) is 29.2 Å². The standard InChI is InChI=1S/C8H9Cl2NS/c9-8(10)12-7-3-1-6(5-11)2-4-7/h1-4,8H,5,11H2. The highest BCUT2D eigenvalue weighted by atomic mass is 35.5. The third-order valence-corrected chi connectivity index (χ3v) is 2.64. The number of benzene rings is 1. The van der Waals surface area contributed by atoms with E-state index in [0.29, 0.717) is 6.54 Å². The monoisotopic (exact) mass is 221 g/mol. The van der Waals surface area contributed by atoms with Gasteiger partial charge in [-0.2, -0.15) is 0 Å². The molecule has 1 rings (SSSR count). The molecule has 1 aromatic carbocycles. The first-order chi connectivity index (χ1) is 5.72. The van der Waals surface area contributed by atoms with Gasteiger partial charge >= 0.3 is 0 Å². The molecule has 0 bridgehead atoms. The zero-order valence-electron chi connectivity index (χ0n) is 6.34. The van der Waals surface area contributed by atoms with Crippen LogP contribution in [0.1, 0.15) is 5.56 Å². The van der Waals surface area contributed by atoms with Crippen LogP contribution in [0, 0.1) is 0 Å². The van der Waals surface area contributed by atoms with Crippen molar-refractivity contribution < 1.29 is 0 Å². The molecule has 0 heterocycles. The summed E-state index contributed by atoms with van der Waals surface area (Å²) < 4.78 is -0.409. The molecule has 0 unspecified atom stereocenters. The predicted molar refractivity (Wildman–Crippen MR) is 55.7 cm³/mol. The molecule has 12 heavy (non-hydrogen) atoms. The van der Waals surface area contributed by atoms with Gasteiger partial charge in [0.1, 0.15) is 0 Å². The maximum absolute atomic E-state index is 5.59. The van der Waals surface area contributed by atoms with Crippen molar-refractivity contribution in [3.05, 3.63) is 29.8 Å². The molecule has 0 aliphatic carbocycles.